The van der Waals surface area contributed by atoms with Gasteiger partial charge in [0, 0.05) is 37.8 Å². The van der Waals surface area contributed by atoms with Gasteiger partial charge in [0.1, 0.15) is 5.82 Å². The van der Waals surface area contributed by atoms with Crippen LogP contribution in [-0.2, 0) is 4.79 Å². The Labute approximate surface area is 125 Å². The molecule has 1 heterocycles. The van der Waals surface area contributed by atoms with Crippen molar-refractivity contribution in [2.24, 2.45) is 5.92 Å². The lowest BCUT2D eigenvalue weighted by molar-refractivity contribution is -0.119. The molecule has 0 aliphatic carbocycles. The smallest absolute Gasteiger partial charge is 0.216 e. The summed E-state index contributed by atoms with van der Waals surface area (Å²) in [6, 6.07) is 4.58. The molecule has 1 aromatic carbocycles. The summed E-state index contributed by atoms with van der Waals surface area (Å²) in [6.07, 6.45) is 1.28. The van der Waals surface area contributed by atoms with E-state index < -0.39 is 6.10 Å². The Bertz CT molecular complexity index is 497. The number of amides is 1. The van der Waals surface area contributed by atoms with E-state index in [4.69, 9.17) is 0 Å². The minimum atomic E-state index is -0.687. The standard InChI is InChI=1S/C16H23FN2O2/c1-11(20)15-9-14(17)3-4-16(15)19-7-5-13(6-8-19)10-18-12(2)21/h3-4,9,11,13,20H,5-8,10H2,1-2H3,(H,18,21)/t11-/m0/s1. The number of carbonyl (C=O) groups is 1. The Morgan fingerprint density at radius 2 is 2.14 bits per heavy atom. The third kappa shape index (κ3) is 4.17. The highest BCUT2D eigenvalue weighted by Gasteiger charge is 2.22. The first-order valence-electron chi connectivity index (χ1n) is 7.44. The highest BCUT2D eigenvalue weighted by Crippen LogP contribution is 2.30. The van der Waals surface area contributed by atoms with E-state index in [1.807, 2.05) is 0 Å². The van der Waals surface area contributed by atoms with Crippen molar-refractivity contribution in [1.29, 1.82) is 0 Å². The number of piperidine rings is 1. The van der Waals surface area contributed by atoms with Crippen LogP contribution in [0.25, 0.3) is 0 Å². The SMILES string of the molecule is CC(=O)NCC1CCN(c2ccc(F)cc2[C@H](C)O)CC1. The van der Waals surface area contributed by atoms with Crippen molar-refractivity contribution in [2.75, 3.05) is 24.5 Å². The van der Waals surface area contributed by atoms with Gasteiger partial charge in [0.25, 0.3) is 0 Å². The molecule has 0 spiro atoms. The first-order valence-corrected chi connectivity index (χ1v) is 7.44. The summed E-state index contributed by atoms with van der Waals surface area (Å²) in [5, 5.41) is 12.7. The van der Waals surface area contributed by atoms with Crippen LogP contribution in [0.3, 0.4) is 0 Å². The number of benzene rings is 1. The summed E-state index contributed by atoms with van der Waals surface area (Å²) in [5.41, 5.74) is 1.54. The number of hydrogen-bond acceptors (Lipinski definition) is 3. The van der Waals surface area contributed by atoms with E-state index in [0.717, 1.165) is 38.2 Å². The van der Waals surface area contributed by atoms with Crippen LogP contribution in [0, 0.1) is 11.7 Å². The number of nitrogens with zero attached hydrogens (tertiary/aromatic N) is 1. The number of hydrogen-bond donors (Lipinski definition) is 2. The lowest BCUT2D eigenvalue weighted by atomic mass is 9.95. The number of anilines is 1. The zero-order chi connectivity index (χ0) is 15.4. The maximum atomic E-state index is 13.3. The number of halogens is 1. The third-order valence-electron chi connectivity index (χ3n) is 4.03. The van der Waals surface area contributed by atoms with E-state index in [9.17, 15) is 14.3 Å². The molecule has 2 rings (SSSR count). The van der Waals surface area contributed by atoms with Gasteiger partial charge in [0.05, 0.1) is 6.10 Å². The zero-order valence-corrected chi connectivity index (χ0v) is 12.6. The van der Waals surface area contributed by atoms with Gasteiger partial charge >= 0.3 is 0 Å². The average Bonchev–Trinajstić information content (AvgIpc) is 2.45. The minimum absolute atomic E-state index is 0.00681. The minimum Gasteiger partial charge on any atom is -0.389 e. The lowest BCUT2D eigenvalue weighted by Crippen LogP contribution is -2.38. The molecule has 1 atom stereocenters. The van der Waals surface area contributed by atoms with Crippen LogP contribution in [0.5, 0.6) is 0 Å². The highest BCUT2D eigenvalue weighted by molar-refractivity contribution is 5.72. The van der Waals surface area contributed by atoms with Crippen molar-refractivity contribution in [1.82, 2.24) is 5.32 Å². The van der Waals surface area contributed by atoms with Crippen molar-refractivity contribution in [3.05, 3.63) is 29.6 Å². The van der Waals surface area contributed by atoms with Gasteiger partial charge in [-0.25, -0.2) is 4.39 Å². The summed E-state index contributed by atoms with van der Waals surface area (Å²) < 4.78 is 13.3. The van der Waals surface area contributed by atoms with E-state index in [1.165, 1.54) is 19.1 Å². The molecule has 1 fully saturated rings. The van der Waals surface area contributed by atoms with E-state index in [0.29, 0.717) is 11.5 Å². The Kier molecular flexibility index (Phi) is 5.17. The van der Waals surface area contributed by atoms with E-state index in [-0.39, 0.29) is 11.7 Å². The Morgan fingerprint density at radius 3 is 2.71 bits per heavy atom. The number of nitrogens with one attached hydrogen (secondary N) is 1. The Morgan fingerprint density at radius 1 is 1.48 bits per heavy atom. The molecule has 1 aromatic rings. The summed E-state index contributed by atoms with van der Waals surface area (Å²) in [7, 11) is 0. The molecule has 1 aliphatic heterocycles. The number of carbonyl (C=O) groups excluding carboxylic acids is 1. The Balaban J connectivity index is 2.00. The second-order valence-electron chi connectivity index (χ2n) is 5.75. The van der Waals surface area contributed by atoms with Gasteiger partial charge in [-0.2, -0.15) is 0 Å². The highest BCUT2D eigenvalue weighted by atomic mass is 19.1. The molecular weight excluding hydrogens is 271 g/mol. The van der Waals surface area contributed by atoms with E-state index in [1.54, 1.807) is 13.0 Å². The van der Waals surface area contributed by atoms with Crippen molar-refractivity contribution in [3.63, 3.8) is 0 Å². The van der Waals surface area contributed by atoms with Gasteiger partial charge in [0.2, 0.25) is 5.91 Å². The summed E-state index contributed by atoms with van der Waals surface area (Å²) >= 11 is 0. The fraction of sp³-hybridized carbons (Fsp3) is 0.562. The van der Waals surface area contributed by atoms with Crippen LogP contribution < -0.4 is 10.2 Å². The second kappa shape index (κ2) is 6.89. The van der Waals surface area contributed by atoms with Crippen LogP contribution >= 0.6 is 0 Å². The molecule has 0 bridgehead atoms. The largest absolute Gasteiger partial charge is 0.389 e. The fourth-order valence-electron chi connectivity index (χ4n) is 2.81. The quantitative estimate of drug-likeness (QED) is 0.895. The first kappa shape index (κ1) is 15.8. The molecule has 0 unspecified atom stereocenters. The number of rotatable bonds is 4. The topological polar surface area (TPSA) is 52.6 Å². The van der Waals surface area contributed by atoms with Crippen molar-refractivity contribution in [3.8, 4) is 0 Å². The van der Waals surface area contributed by atoms with Crippen molar-refractivity contribution < 1.29 is 14.3 Å². The molecule has 5 heteroatoms. The average molecular weight is 294 g/mol. The van der Waals surface area contributed by atoms with Crippen molar-refractivity contribution >= 4 is 11.6 Å². The zero-order valence-electron chi connectivity index (χ0n) is 12.6. The molecule has 116 valence electrons. The maximum absolute atomic E-state index is 13.3. The molecular formula is C16H23FN2O2. The predicted octanol–water partition coefficient (Wildman–Crippen LogP) is 2.23. The van der Waals surface area contributed by atoms with Gasteiger partial charge in [0.15, 0.2) is 0 Å². The van der Waals surface area contributed by atoms with Crippen LogP contribution in [0.15, 0.2) is 18.2 Å². The van der Waals surface area contributed by atoms with Crippen LogP contribution in [0.2, 0.25) is 0 Å². The van der Waals surface area contributed by atoms with Crippen molar-refractivity contribution in [2.45, 2.75) is 32.8 Å². The third-order valence-corrected chi connectivity index (χ3v) is 4.03. The summed E-state index contributed by atoms with van der Waals surface area (Å²) in [6.45, 7) is 5.62. The molecule has 2 N–H and O–H groups in total. The normalized spacial score (nSPS) is 17.6. The van der Waals surface area contributed by atoms with Crippen LogP contribution in [0.4, 0.5) is 10.1 Å². The molecule has 1 amide bonds. The summed E-state index contributed by atoms with van der Waals surface area (Å²) in [4.78, 5) is 13.1. The maximum Gasteiger partial charge on any atom is 0.216 e. The molecule has 21 heavy (non-hydrogen) atoms. The van der Waals surface area contributed by atoms with Crippen LogP contribution in [0.1, 0.15) is 38.4 Å². The number of aliphatic hydroxyl groups is 1. The van der Waals surface area contributed by atoms with E-state index >= 15 is 0 Å². The Hall–Kier alpha value is -1.62. The fourth-order valence-corrected chi connectivity index (χ4v) is 2.81. The van der Waals surface area contributed by atoms with Gasteiger partial charge in [-0.3, -0.25) is 4.79 Å². The van der Waals surface area contributed by atoms with Gasteiger partial charge in [-0.1, -0.05) is 0 Å². The lowest BCUT2D eigenvalue weighted by Gasteiger charge is -2.35. The van der Waals surface area contributed by atoms with Gasteiger partial charge in [-0.15, -0.1) is 0 Å². The predicted molar refractivity (Wildman–Crippen MR) is 80.7 cm³/mol. The molecule has 0 saturated carbocycles. The van der Waals surface area contributed by atoms with Crippen LogP contribution in [-0.4, -0.2) is 30.6 Å². The monoisotopic (exact) mass is 294 g/mol. The second-order valence-corrected chi connectivity index (χ2v) is 5.75. The first-order chi connectivity index (χ1) is 9.97. The molecule has 1 aliphatic rings. The van der Waals surface area contributed by atoms with Gasteiger partial charge < -0.3 is 15.3 Å². The molecule has 0 radical (unpaired) electrons. The number of aliphatic hydroxyl groups excluding tert-OH is 1. The van der Waals surface area contributed by atoms with Gasteiger partial charge in [-0.05, 0) is 43.9 Å². The molecule has 0 aromatic heterocycles. The summed E-state index contributed by atoms with van der Waals surface area (Å²) in [5.74, 6) is 0.170. The molecule has 1 saturated heterocycles. The van der Waals surface area contributed by atoms with E-state index in [2.05, 4.69) is 10.2 Å². The molecule has 4 nitrogen and oxygen atoms in total.